The van der Waals surface area contributed by atoms with Crippen LogP contribution < -0.4 is 5.32 Å². The number of aryl methyl sites for hydroxylation is 2. The fourth-order valence-electron chi connectivity index (χ4n) is 3.04. The molecule has 136 valence electrons. The highest BCUT2D eigenvalue weighted by atomic mass is 19.1. The number of rotatable bonds is 3. The van der Waals surface area contributed by atoms with Gasteiger partial charge >= 0.3 is 0 Å². The SMILES string of the molecule is Cc1cc2c(C)noc2cc1-c1cnc(NC(=O)C2=C(F)CCC=C2)cn1. The Morgan fingerprint density at radius 2 is 2.07 bits per heavy atom. The Bertz CT molecular complexity index is 1100. The number of nitrogens with zero attached hydrogens (tertiary/aromatic N) is 3. The molecular weight excluding hydrogens is 347 g/mol. The first-order valence-corrected chi connectivity index (χ1v) is 8.58. The molecule has 0 radical (unpaired) electrons. The normalized spacial score (nSPS) is 14.0. The molecule has 2 heterocycles. The van der Waals surface area contributed by atoms with Crippen molar-refractivity contribution in [1.29, 1.82) is 0 Å². The minimum atomic E-state index is -0.528. The molecule has 1 amide bonds. The molecule has 4 rings (SSSR count). The van der Waals surface area contributed by atoms with Gasteiger partial charge < -0.3 is 9.84 Å². The van der Waals surface area contributed by atoms with Crippen LogP contribution in [0, 0.1) is 13.8 Å². The summed E-state index contributed by atoms with van der Waals surface area (Å²) in [4.78, 5) is 20.8. The summed E-state index contributed by atoms with van der Waals surface area (Å²) in [5.41, 5.74) is 4.08. The minimum Gasteiger partial charge on any atom is -0.356 e. The van der Waals surface area contributed by atoms with Gasteiger partial charge in [0.05, 0.1) is 29.4 Å². The molecular formula is C20H17FN4O2. The maximum atomic E-state index is 13.8. The predicted octanol–water partition coefficient (Wildman–Crippen LogP) is 4.41. The van der Waals surface area contributed by atoms with E-state index in [0.29, 0.717) is 17.7 Å². The van der Waals surface area contributed by atoms with E-state index >= 15 is 0 Å². The summed E-state index contributed by atoms with van der Waals surface area (Å²) in [6.07, 6.45) is 7.13. The Kier molecular flexibility index (Phi) is 4.27. The van der Waals surface area contributed by atoms with Gasteiger partial charge in [-0.15, -0.1) is 0 Å². The number of nitrogens with one attached hydrogen (secondary N) is 1. The molecule has 0 atom stereocenters. The molecule has 0 spiro atoms. The van der Waals surface area contributed by atoms with Gasteiger partial charge in [0.2, 0.25) is 0 Å². The maximum Gasteiger partial charge on any atom is 0.259 e. The van der Waals surface area contributed by atoms with E-state index in [2.05, 4.69) is 20.4 Å². The molecule has 0 aliphatic heterocycles. The number of fused-ring (bicyclic) bond motifs is 1. The van der Waals surface area contributed by atoms with Crippen molar-refractivity contribution >= 4 is 22.7 Å². The van der Waals surface area contributed by atoms with Crippen LogP contribution in [-0.4, -0.2) is 21.0 Å². The van der Waals surface area contributed by atoms with Gasteiger partial charge in [0.1, 0.15) is 5.83 Å². The fraction of sp³-hybridized carbons (Fsp3) is 0.200. The number of benzene rings is 1. The number of halogens is 1. The van der Waals surface area contributed by atoms with Crippen LogP contribution in [0.2, 0.25) is 0 Å². The predicted molar refractivity (Wildman–Crippen MR) is 99.6 cm³/mol. The molecule has 0 fully saturated rings. The number of amides is 1. The molecule has 27 heavy (non-hydrogen) atoms. The monoisotopic (exact) mass is 364 g/mol. The van der Waals surface area contributed by atoms with Crippen LogP contribution in [0.25, 0.3) is 22.2 Å². The maximum absolute atomic E-state index is 13.8. The molecule has 0 saturated heterocycles. The van der Waals surface area contributed by atoms with Gasteiger partial charge in [-0.05, 0) is 38.0 Å². The van der Waals surface area contributed by atoms with Gasteiger partial charge in [-0.2, -0.15) is 0 Å². The van der Waals surface area contributed by atoms with E-state index in [1.54, 1.807) is 12.3 Å². The summed E-state index contributed by atoms with van der Waals surface area (Å²) in [6.45, 7) is 3.87. The van der Waals surface area contributed by atoms with Gasteiger partial charge in [-0.1, -0.05) is 17.3 Å². The first-order valence-electron chi connectivity index (χ1n) is 8.58. The summed E-state index contributed by atoms with van der Waals surface area (Å²) in [7, 11) is 0. The zero-order valence-electron chi connectivity index (χ0n) is 14.9. The van der Waals surface area contributed by atoms with Crippen LogP contribution in [0.3, 0.4) is 0 Å². The topological polar surface area (TPSA) is 80.9 Å². The van der Waals surface area contributed by atoms with Gasteiger partial charge in [0.15, 0.2) is 11.4 Å². The standard InChI is InChI=1S/C20H17FN4O2/c1-11-7-15-12(2)25-27-18(15)8-14(11)17-9-23-19(10-22-17)24-20(26)13-5-3-4-6-16(13)21/h3,5,7-10H,4,6H2,1-2H3,(H,23,24,26). The van der Waals surface area contributed by atoms with Gasteiger partial charge in [-0.3, -0.25) is 9.78 Å². The van der Waals surface area contributed by atoms with Crippen molar-refractivity contribution in [1.82, 2.24) is 15.1 Å². The van der Waals surface area contributed by atoms with E-state index < -0.39 is 11.7 Å². The van der Waals surface area contributed by atoms with Crippen LogP contribution in [0.1, 0.15) is 24.1 Å². The third-order valence-corrected chi connectivity index (χ3v) is 4.52. The van der Waals surface area contributed by atoms with Gasteiger partial charge in [0, 0.05) is 17.4 Å². The van der Waals surface area contributed by atoms with Crippen molar-refractivity contribution in [3.05, 3.63) is 59.3 Å². The van der Waals surface area contributed by atoms with Crippen molar-refractivity contribution in [2.45, 2.75) is 26.7 Å². The van der Waals surface area contributed by atoms with E-state index in [-0.39, 0.29) is 17.8 Å². The van der Waals surface area contributed by atoms with E-state index in [9.17, 15) is 9.18 Å². The molecule has 1 aliphatic carbocycles. The highest BCUT2D eigenvalue weighted by Gasteiger charge is 2.17. The Labute approximate surface area is 154 Å². The lowest BCUT2D eigenvalue weighted by atomic mass is 10.0. The number of aromatic nitrogens is 3. The van der Waals surface area contributed by atoms with Crippen molar-refractivity contribution in [3.63, 3.8) is 0 Å². The molecule has 6 nitrogen and oxygen atoms in total. The molecule has 1 N–H and O–H groups in total. The van der Waals surface area contributed by atoms with E-state index in [1.807, 2.05) is 26.0 Å². The van der Waals surface area contributed by atoms with Crippen molar-refractivity contribution in [2.75, 3.05) is 5.32 Å². The number of carbonyl (C=O) groups is 1. The van der Waals surface area contributed by atoms with Crippen LogP contribution in [0.15, 0.2) is 52.6 Å². The highest BCUT2D eigenvalue weighted by molar-refractivity contribution is 6.05. The molecule has 2 aromatic heterocycles. The third-order valence-electron chi connectivity index (χ3n) is 4.52. The number of anilines is 1. The summed E-state index contributed by atoms with van der Waals surface area (Å²) in [5, 5.41) is 7.51. The summed E-state index contributed by atoms with van der Waals surface area (Å²) < 4.78 is 19.1. The molecule has 3 aromatic rings. The van der Waals surface area contributed by atoms with Crippen LogP contribution in [0.4, 0.5) is 10.2 Å². The smallest absolute Gasteiger partial charge is 0.259 e. The molecule has 1 aromatic carbocycles. The number of carbonyl (C=O) groups excluding carboxylic acids is 1. The first-order chi connectivity index (χ1) is 13.0. The van der Waals surface area contributed by atoms with E-state index in [1.165, 1.54) is 12.3 Å². The van der Waals surface area contributed by atoms with Gasteiger partial charge in [-0.25, -0.2) is 9.37 Å². The highest BCUT2D eigenvalue weighted by Crippen LogP contribution is 2.28. The Hall–Kier alpha value is -3.35. The summed E-state index contributed by atoms with van der Waals surface area (Å²) in [5.74, 6) is -0.677. The molecule has 0 bridgehead atoms. The second kappa shape index (κ2) is 6.75. The van der Waals surface area contributed by atoms with Crippen molar-refractivity contribution < 1.29 is 13.7 Å². The zero-order chi connectivity index (χ0) is 19.0. The second-order valence-corrected chi connectivity index (χ2v) is 6.43. The Balaban J connectivity index is 1.58. The summed E-state index contributed by atoms with van der Waals surface area (Å²) in [6, 6.07) is 3.87. The van der Waals surface area contributed by atoms with Crippen LogP contribution in [0.5, 0.6) is 0 Å². The molecule has 7 heteroatoms. The third kappa shape index (κ3) is 3.23. The number of hydrogen-bond donors (Lipinski definition) is 1. The average Bonchev–Trinajstić information content (AvgIpc) is 3.02. The average molecular weight is 364 g/mol. The Morgan fingerprint density at radius 1 is 1.22 bits per heavy atom. The van der Waals surface area contributed by atoms with Crippen LogP contribution >= 0.6 is 0 Å². The molecule has 0 saturated carbocycles. The largest absolute Gasteiger partial charge is 0.356 e. The van der Waals surface area contributed by atoms with Crippen molar-refractivity contribution in [3.8, 4) is 11.3 Å². The minimum absolute atomic E-state index is 0.0362. The fourth-order valence-corrected chi connectivity index (χ4v) is 3.04. The zero-order valence-corrected chi connectivity index (χ0v) is 14.9. The van der Waals surface area contributed by atoms with Gasteiger partial charge in [0.25, 0.3) is 5.91 Å². The second-order valence-electron chi connectivity index (χ2n) is 6.43. The first kappa shape index (κ1) is 17.1. The van der Waals surface area contributed by atoms with E-state index in [4.69, 9.17) is 4.52 Å². The van der Waals surface area contributed by atoms with Crippen LogP contribution in [-0.2, 0) is 4.79 Å². The lowest BCUT2D eigenvalue weighted by Crippen LogP contribution is -2.16. The quantitative estimate of drug-likeness (QED) is 0.744. The molecule has 0 unspecified atom stereocenters. The number of allylic oxidation sites excluding steroid dienone is 2. The van der Waals surface area contributed by atoms with Crippen molar-refractivity contribution in [2.24, 2.45) is 0 Å². The number of hydrogen-bond acceptors (Lipinski definition) is 5. The summed E-state index contributed by atoms with van der Waals surface area (Å²) >= 11 is 0. The van der Waals surface area contributed by atoms with E-state index in [0.717, 1.165) is 22.2 Å². The lowest BCUT2D eigenvalue weighted by Gasteiger charge is -2.10. The molecule has 1 aliphatic rings. The Morgan fingerprint density at radius 3 is 2.81 bits per heavy atom. The lowest BCUT2D eigenvalue weighted by molar-refractivity contribution is -0.112.